The number of rotatable bonds is 11. The second-order valence-corrected chi connectivity index (χ2v) is 11.2. The Bertz CT molecular complexity index is 1150. The predicted molar refractivity (Wildman–Crippen MR) is 133 cm³/mol. The summed E-state index contributed by atoms with van der Waals surface area (Å²) in [6.45, 7) is 10.3. The van der Waals surface area contributed by atoms with Crippen LogP contribution in [0, 0.1) is 5.82 Å². The Kier molecular flexibility index (Phi) is 9.86. The minimum atomic E-state index is -6.02. The van der Waals surface area contributed by atoms with Crippen LogP contribution >= 0.6 is 11.3 Å². The molecule has 2 N–H and O–H groups in total. The second kappa shape index (κ2) is 11.7. The van der Waals surface area contributed by atoms with Gasteiger partial charge < -0.3 is 10.4 Å². The molecule has 39 heavy (non-hydrogen) atoms. The van der Waals surface area contributed by atoms with Crippen molar-refractivity contribution in [3.8, 4) is 10.4 Å². The minimum Gasteiger partial charge on any atom is -0.389 e. The van der Waals surface area contributed by atoms with Gasteiger partial charge >= 0.3 is 12.4 Å². The molecule has 0 spiro atoms. The summed E-state index contributed by atoms with van der Waals surface area (Å²) in [5.74, 6) is -2.64. The lowest BCUT2D eigenvalue weighted by Gasteiger charge is -2.35. The number of hydrogen-bond acceptors (Lipinski definition) is 4. The third-order valence-electron chi connectivity index (χ3n) is 6.42. The molecule has 0 amide bonds. The molecule has 220 valence electrons. The fraction of sp³-hybridized carbons (Fsp3) is 0.577. The molecule has 0 radical (unpaired) electrons. The maximum absolute atomic E-state index is 15.4. The van der Waals surface area contributed by atoms with Gasteiger partial charge in [-0.2, -0.15) is 26.3 Å². The van der Waals surface area contributed by atoms with Crippen LogP contribution in [0.5, 0.6) is 0 Å². The third-order valence-corrected chi connectivity index (χ3v) is 7.58. The van der Waals surface area contributed by atoms with Crippen molar-refractivity contribution in [1.82, 2.24) is 10.3 Å². The maximum atomic E-state index is 15.4. The number of unbranched alkanes of at least 4 members (excludes halogenated alkanes) is 1. The SMILES string of the molecule is C=C(NCC(C)(C)O)c1nc(C(C)CCCC)c(-c2ccc(C(C)(C(F)(F)F)C(F)(F)F)c(F)c2C(F)F)s1. The first kappa shape index (κ1) is 32.9. The van der Waals surface area contributed by atoms with Crippen LogP contribution in [0.4, 0.5) is 39.5 Å². The molecule has 2 aromatic rings. The highest BCUT2D eigenvalue weighted by Gasteiger charge is 2.69. The molecule has 3 nitrogen and oxygen atoms in total. The van der Waals surface area contributed by atoms with Crippen LogP contribution in [0.1, 0.15) is 88.1 Å². The predicted octanol–water partition coefficient (Wildman–Crippen LogP) is 8.89. The number of nitrogens with zero attached hydrogens (tertiary/aromatic N) is 1. The summed E-state index contributed by atoms with van der Waals surface area (Å²) in [5.41, 5.74) is -9.49. The summed E-state index contributed by atoms with van der Waals surface area (Å²) in [5, 5.41) is 13.0. The summed E-state index contributed by atoms with van der Waals surface area (Å²) in [6, 6.07) is 0.925. The highest BCUT2D eigenvalue weighted by atomic mass is 32.1. The molecule has 1 aromatic carbocycles. The number of benzene rings is 1. The zero-order valence-corrected chi connectivity index (χ0v) is 22.9. The van der Waals surface area contributed by atoms with Gasteiger partial charge in [-0.25, -0.2) is 18.2 Å². The van der Waals surface area contributed by atoms with E-state index in [1.54, 1.807) is 6.92 Å². The standard InChI is InChI=1S/C26H31F9N2OS/c1-7-8-9-13(2)19-20(39-22(37-19)14(3)36-12-23(4,5)38)15-10-11-16(18(27)17(15)21(28)29)24(6,25(30,31)32)26(33,34)35/h10-11,13,21,36,38H,3,7-9,12H2,1-2,4-6H3. The summed E-state index contributed by atoms with van der Waals surface area (Å²) < 4.78 is 126. The van der Waals surface area contributed by atoms with E-state index in [1.807, 2.05) is 6.92 Å². The van der Waals surface area contributed by atoms with Crippen LogP contribution in [0.15, 0.2) is 18.7 Å². The summed E-state index contributed by atoms with van der Waals surface area (Å²) in [6.07, 6.45) is -13.7. The van der Waals surface area contributed by atoms with Crippen molar-refractivity contribution in [3.05, 3.63) is 46.4 Å². The number of thiazole rings is 1. The Morgan fingerprint density at radius 1 is 1.08 bits per heavy atom. The normalized spacial score (nSPS) is 14.2. The molecule has 0 fully saturated rings. The highest BCUT2D eigenvalue weighted by molar-refractivity contribution is 7.16. The van der Waals surface area contributed by atoms with Crippen molar-refractivity contribution < 1.29 is 44.6 Å². The van der Waals surface area contributed by atoms with E-state index < -0.39 is 52.3 Å². The number of aliphatic hydroxyl groups is 1. The van der Waals surface area contributed by atoms with Crippen molar-refractivity contribution in [3.63, 3.8) is 0 Å². The first-order chi connectivity index (χ1) is 17.7. The largest absolute Gasteiger partial charge is 0.407 e. The Balaban J connectivity index is 2.82. The summed E-state index contributed by atoms with van der Waals surface area (Å²) >= 11 is 0.799. The lowest BCUT2D eigenvalue weighted by molar-refractivity contribution is -0.298. The van der Waals surface area contributed by atoms with Crippen LogP contribution in [0.25, 0.3) is 16.1 Å². The van der Waals surface area contributed by atoms with Crippen LogP contribution in [-0.4, -0.2) is 34.6 Å². The smallest absolute Gasteiger partial charge is 0.389 e. The lowest BCUT2D eigenvalue weighted by atomic mass is 9.79. The van der Waals surface area contributed by atoms with E-state index in [0.717, 1.165) is 24.2 Å². The highest BCUT2D eigenvalue weighted by Crippen LogP contribution is 2.54. The summed E-state index contributed by atoms with van der Waals surface area (Å²) in [7, 11) is 0. The van der Waals surface area contributed by atoms with Gasteiger partial charge in [0.1, 0.15) is 10.8 Å². The monoisotopic (exact) mass is 590 g/mol. The average molecular weight is 591 g/mol. The number of aromatic nitrogens is 1. The van der Waals surface area contributed by atoms with Crippen LogP contribution in [0.2, 0.25) is 0 Å². The van der Waals surface area contributed by atoms with E-state index in [9.17, 15) is 40.2 Å². The molecule has 1 atom stereocenters. The Labute approximate surface area is 225 Å². The van der Waals surface area contributed by atoms with Crippen molar-refractivity contribution >= 4 is 17.0 Å². The lowest BCUT2D eigenvalue weighted by Crippen LogP contribution is -2.52. The molecule has 1 aromatic heterocycles. The zero-order chi connectivity index (χ0) is 30.1. The molecule has 2 rings (SSSR count). The topological polar surface area (TPSA) is 45.1 Å². The molecule has 0 saturated heterocycles. The average Bonchev–Trinajstić information content (AvgIpc) is 3.23. The fourth-order valence-electron chi connectivity index (χ4n) is 3.89. The van der Waals surface area contributed by atoms with Gasteiger partial charge in [-0.05, 0) is 33.1 Å². The summed E-state index contributed by atoms with van der Waals surface area (Å²) in [4.78, 5) is 4.45. The molecule has 0 aliphatic heterocycles. The molecule has 1 heterocycles. The maximum Gasteiger partial charge on any atom is 0.407 e. The molecular weight excluding hydrogens is 559 g/mol. The van der Waals surface area contributed by atoms with Crippen molar-refractivity contribution in [2.24, 2.45) is 0 Å². The fourth-order valence-corrected chi connectivity index (χ4v) is 5.06. The van der Waals surface area contributed by atoms with E-state index in [4.69, 9.17) is 0 Å². The Morgan fingerprint density at radius 2 is 1.64 bits per heavy atom. The molecule has 0 saturated carbocycles. The van der Waals surface area contributed by atoms with Gasteiger partial charge in [-0.1, -0.05) is 45.4 Å². The van der Waals surface area contributed by atoms with Gasteiger partial charge in [0.15, 0.2) is 5.41 Å². The number of nitrogens with one attached hydrogen (secondary N) is 1. The van der Waals surface area contributed by atoms with Crippen LogP contribution in [-0.2, 0) is 5.41 Å². The van der Waals surface area contributed by atoms with Gasteiger partial charge in [-0.3, -0.25) is 0 Å². The van der Waals surface area contributed by atoms with E-state index >= 15 is 4.39 Å². The Morgan fingerprint density at radius 3 is 2.10 bits per heavy atom. The number of alkyl halides is 8. The quantitative estimate of drug-likeness (QED) is 0.257. The van der Waals surface area contributed by atoms with Crippen molar-refractivity contribution in [1.29, 1.82) is 0 Å². The first-order valence-corrected chi connectivity index (χ1v) is 12.9. The van der Waals surface area contributed by atoms with E-state index in [0.29, 0.717) is 12.5 Å². The Hall–Kier alpha value is -2.28. The minimum absolute atomic E-state index is 0.0127. The second-order valence-electron chi connectivity index (χ2n) is 10.2. The molecule has 0 aliphatic carbocycles. The molecular formula is C26H31F9N2OS. The van der Waals surface area contributed by atoms with Crippen LogP contribution < -0.4 is 5.32 Å². The van der Waals surface area contributed by atoms with E-state index in [-0.39, 0.29) is 46.7 Å². The molecule has 0 bridgehead atoms. The van der Waals surface area contributed by atoms with E-state index in [2.05, 4.69) is 16.9 Å². The molecule has 1 unspecified atom stereocenters. The van der Waals surface area contributed by atoms with Crippen LogP contribution in [0.3, 0.4) is 0 Å². The van der Waals surface area contributed by atoms with Gasteiger partial charge in [-0.15, -0.1) is 11.3 Å². The molecule has 0 aliphatic rings. The number of hydrogen-bond donors (Lipinski definition) is 2. The van der Waals surface area contributed by atoms with Gasteiger partial charge in [0, 0.05) is 17.7 Å². The van der Waals surface area contributed by atoms with E-state index in [1.165, 1.54) is 13.8 Å². The van der Waals surface area contributed by atoms with Crippen molar-refractivity contribution in [2.75, 3.05) is 6.54 Å². The zero-order valence-electron chi connectivity index (χ0n) is 22.0. The van der Waals surface area contributed by atoms with Crippen molar-refractivity contribution in [2.45, 2.75) is 89.6 Å². The van der Waals surface area contributed by atoms with Gasteiger partial charge in [0.25, 0.3) is 6.43 Å². The van der Waals surface area contributed by atoms with Gasteiger partial charge in [0.2, 0.25) is 0 Å². The first-order valence-electron chi connectivity index (χ1n) is 12.1. The number of halogens is 9. The van der Waals surface area contributed by atoms with Gasteiger partial charge in [0.05, 0.1) is 27.4 Å². The molecule has 13 heteroatoms. The third kappa shape index (κ3) is 6.90.